The van der Waals surface area contributed by atoms with E-state index in [0.717, 1.165) is 5.56 Å². The molecule has 0 aliphatic heterocycles. The Balaban J connectivity index is 1.39. The van der Waals surface area contributed by atoms with E-state index in [4.69, 9.17) is 9.47 Å². The van der Waals surface area contributed by atoms with Crippen LogP contribution in [0.25, 0.3) is 0 Å². The van der Waals surface area contributed by atoms with Gasteiger partial charge in [-0.1, -0.05) is 42.5 Å². The van der Waals surface area contributed by atoms with Crippen molar-refractivity contribution in [2.45, 2.75) is 13.0 Å². The average Bonchev–Trinajstić information content (AvgIpc) is 3.25. The number of benzene rings is 2. The Hall–Kier alpha value is -3.39. The molecule has 2 amide bonds. The third-order valence-electron chi connectivity index (χ3n) is 4.14. The third-order valence-corrected chi connectivity index (χ3v) is 4.97. The monoisotopic (exact) mass is 425 g/mol. The predicted octanol–water partition coefficient (Wildman–Crippen LogP) is 2.82. The fraction of sp³-hybridized carbons (Fsp3) is 0.227. The van der Waals surface area contributed by atoms with Crippen molar-refractivity contribution >= 4 is 23.2 Å². The van der Waals surface area contributed by atoms with Crippen molar-refractivity contribution in [2.75, 3.05) is 20.2 Å². The van der Waals surface area contributed by atoms with Crippen LogP contribution in [0.2, 0.25) is 0 Å². The lowest BCUT2D eigenvalue weighted by Crippen LogP contribution is -2.35. The molecule has 3 rings (SSSR count). The van der Waals surface area contributed by atoms with Gasteiger partial charge in [0, 0.05) is 18.5 Å². The zero-order valence-electron chi connectivity index (χ0n) is 16.6. The normalized spacial score (nSPS) is 10.3. The highest BCUT2D eigenvalue weighted by atomic mass is 32.1. The number of hydrogen-bond acceptors (Lipinski definition) is 6. The van der Waals surface area contributed by atoms with Gasteiger partial charge in [0.15, 0.2) is 11.5 Å². The Morgan fingerprint density at radius 1 is 0.967 bits per heavy atom. The van der Waals surface area contributed by atoms with Crippen molar-refractivity contribution in [3.8, 4) is 11.5 Å². The summed E-state index contributed by atoms with van der Waals surface area (Å²) in [6.45, 7) is 0.920. The van der Waals surface area contributed by atoms with Crippen molar-refractivity contribution in [3.05, 3.63) is 76.2 Å². The van der Waals surface area contributed by atoms with Crippen molar-refractivity contribution < 1.29 is 19.1 Å². The van der Waals surface area contributed by atoms with Gasteiger partial charge in [-0.05, 0) is 17.7 Å². The molecule has 0 bridgehead atoms. The minimum atomic E-state index is -0.285. The number of ether oxygens (including phenoxy) is 2. The molecule has 0 saturated heterocycles. The van der Waals surface area contributed by atoms with Crippen molar-refractivity contribution in [2.24, 2.45) is 0 Å². The predicted molar refractivity (Wildman–Crippen MR) is 115 cm³/mol. The van der Waals surface area contributed by atoms with Crippen LogP contribution in [0.5, 0.6) is 11.5 Å². The Morgan fingerprint density at radius 2 is 1.67 bits per heavy atom. The molecule has 1 aromatic heterocycles. The van der Waals surface area contributed by atoms with E-state index in [-0.39, 0.29) is 18.4 Å². The number of nitrogens with zero attached hydrogens (tertiary/aromatic N) is 1. The number of thiazole rings is 1. The average molecular weight is 426 g/mol. The molecular formula is C22H23N3O4S. The van der Waals surface area contributed by atoms with E-state index in [2.05, 4.69) is 15.6 Å². The molecule has 0 atom stereocenters. The Morgan fingerprint density at radius 3 is 2.43 bits per heavy atom. The minimum absolute atomic E-state index is 0.0834. The first kappa shape index (κ1) is 21.3. The zero-order valence-corrected chi connectivity index (χ0v) is 17.4. The molecule has 0 fully saturated rings. The summed E-state index contributed by atoms with van der Waals surface area (Å²) in [4.78, 5) is 28.4. The summed E-state index contributed by atoms with van der Waals surface area (Å²) in [6.07, 6.45) is 0.316. The van der Waals surface area contributed by atoms with Crippen LogP contribution in [0, 0.1) is 0 Å². The number of carbonyl (C=O) groups excluding carboxylic acids is 2. The number of nitrogens with one attached hydrogen (secondary N) is 2. The molecule has 3 aromatic rings. The molecule has 0 aliphatic carbocycles. The largest absolute Gasteiger partial charge is 0.493 e. The molecule has 1 heterocycles. The highest BCUT2D eigenvalue weighted by Gasteiger charge is 2.12. The molecule has 30 heavy (non-hydrogen) atoms. The van der Waals surface area contributed by atoms with Crippen molar-refractivity contribution in [1.29, 1.82) is 0 Å². The molecule has 0 aliphatic rings. The SMILES string of the molecule is COc1ccccc1OCc1nc(C(=O)NCCNC(=O)Cc2ccccc2)cs1. The smallest absolute Gasteiger partial charge is 0.270 e. The summed E-state index contributed by atoms with van der Waals surface area (Å²) >= 11 is 1.35. The summed E-state index contributed by atoms with van der Waals surface area (Å²) in [5.41, 5.74) is 1.28. The lowest BCUT2D eigenvalue weighted by Gasteiger charge is -2.08. The van der Waals surface area contributed by atoms with Crippen molar-refractivity contribution in [1.82, 2.24) is 15.6 Å². The van der Waals surface area contributed by atoms with Gasteiger partial charge in [-0.2, -0.15) is 0 Å². The molecule has 0 spiro atoms. The number of rotatable bonds is 10. The second-order valence-electron chi connectivity index (χ2n) is 6.33. The van der Waals surface area contributed by atoms with Gasteiger partial charge in [-0.15, -0.1) is 11.3 Å². The highest BCUT2D eigenvalue weighted by molar-refractivity contribution is 7.09. The van der Waals surface area contributed by atoms with Gasteiger partial charge in [0.25, 0.3) is 5.91 Å². The van der Waals surface area contributed by atoms with E-state index in [9.17, 15) is 9.59 Å². The van der Waals surface area contributed by atoms with E-state index in [0.29, 0.717) is 41.7 Å². The van der Waals surface area contributed by atoms with E-state index >= 15 is 0 Å². The van der Waals surface area contributed by atoms with Crippen LogP contribution in [-0.4, -0.2) is 37.0 Å². The third kappa shape index (κ3) is 6.31. The molecule has 2 N–H and O–H groups in total. The first-order valence-corrected chi connectivity index (χ1v) is 10.3. The summed E-state index contributed by atoms with van der Waals surface area (Å²) in [7, 11) is 1.58. The maximum absolute atomic E-state index is 12.2. The molecule has 0 unspecified atom stereocenters. The Kier molecular flexibility index (Phi) is 7.79. The van der Waals surface area contributed by atoms with E-state index in [1.54, 1.807) is 12.5 Å². The fourth-order valence-electron chi connectivity index (χ4n) is 2.67. The van der Waals surface area contributed by atoms with Gasteiger partial charge in [0.2, 0.25) is 5.91 Å². The second-order valence-corrected chi connectivity index (χ2v) is 7.28. The highest BCUT2D eigenvalue weighted by Crippen LogP contribution is 2.27. The molecule has 7 nitrogen and oxygen atoms in total. The lowest BCUT2D eigenvalue weighted by molar-refractivity contribution is -0.120. The quantitative estimate of drug-likeness (QED) is 0.488. The molecule has 8 heteroatoms. The second kappa shape index (κ2) is 11.0. The topological polar surface area (TPSA) is 89.6 Å². The van der Waals surface area contributed by atoms with Gasteiger partial charge >= 0.3 is 0 Å². The maximum Gasteiger partial charge on any atom is 0.270 e. The number of para-hydroxylation sites is 2. The molecule has 2 aromatic carbocycles. The van der Waals surface area contributed by atoms with E-state index in [1.807, 2.05) is 54.6 Å². The maximum atomic E-state index is 12.2. The Bertz CT molecular complexity index is 975. The lowest BCUT2D eigenvalue weighted by atomic mass is 10.1. The van der Waals surface area contributed by atoms with E-state index < -0.39 is 0 Å². The van der Waals surface area contributed by atoms with Crippen LogP contribution in [0.15, 0.2) is 60.0 Å². The van der Waals surface area contributed by atoms with Crippen LogP contribution in [0.3, 0.4) is 0 Å². The molecular weight excluding hydrogens is 402 g/mol. The standard InChI is InChI=1S/C22H23N3O4S/c1-28-18-9-5-6-10-19(18)29-14-21-25-17(15-30-21)22(27)24-12-11-23-20(26)13-16-7-3-2-4-8-16/h2-10,15H,11-14H2,1H3,(H,23,26)(H,24,27). The summed E-state index contributed by atoms with van der Waals surface area (Å²) in [5, 5.41) is 7.91. The number of carbonyl (C=O) groups is 2. The first-order valence-electron chi connectivity index (χ1n) is 9.44. The fourth-order valence-corrected chi connectivity index (χ4v) is 3.36. The number of amides is 2. The number of hydrogen-bond donors (Lipinski definition) is 2. The van der Waals surface area contributed by atoms with Gasteiger partial charge in [-0.3, -0.25) is 9.59 Å². The van der Waals surface area contributed by atoms with Crippen LogP contribution >= 0.6 is 11.3 Å². The van der Waals surface area contributed by atoms with Gasteiger partial charge in [0.05, 0.1) is 13.5 Å². The summed E-state index contributed by atoms with van der Waals surface area (Å²) in [5.74, 6) is 0.890. The van der Waals surface area contributed by atoms with Crippen LogP contribution < -0.4 is 20.1 Å². The summed E-state index contributed by atoms with van der Waals surface area (Å²) in [6, 6.07) is 16.8. The van der Waals surface area contributed by atoms with Gasteiger partial charge < -0.3 is 20.1 Å². The summed E-state index contributed by atoms with van der Waals surface area (Å²) < 4.78 is 11.0. The van der Waals surface area contributed by atoms with Crippen molar-refractivity contribution in [3.63, 3.8) is 0 Å². The first-order chi connectivity index (χ1) is 14.7. The zero-order chi connectivity index (χ0) is 21.2. The number of methoxy groups -OCH3 is 1. The van der Waals surface area contributed by atoms with Gasteiger partial charge in [0.1, 0.15) is 17.3 Å². The molecule has 0 saturated carbocycles. The van der Waals surface area contributed by atoms with E-state index in [1.165, 1.54) is 11.3 Å². The van der Waals surface area contributed by atoms with Crippen LogP contribution in [-0.2, 0) is 17.8 Å². The Labute approximate surface area is 179 Å². The van der Waals surface area contributed by atoms with Crippen LogP contribution in [0.4, 0.5) is 0 Å². The minimum Gasteiger partial charge on any atom is -0.493 e. The molecule has 156 valence electrons. The number of aromatic nitrogens is 1. The van der Waals surface area contributed by atoms with Gasteiger partial charge in [-0.25, -0.2) is 4.98 Å². The molecule has 0 radical (unpaired) electrons. The van der Waals surface area contributed by atoms with Crippen LogP contribution in [0.1, 0.15) is 21.1 Å².